The number of fused-ring (bicyclic) bond motifs is 4. The number of ether oxygens (including phenoxy) is 1. The van der Waals surface area contributed by atoms with E-state index >= 15 is 0 Å². The van der Waals surface area contributed by atoms with E-state index < -0.39 is 17.1 Å². The normalized spacial score (nSPS) is 31.7. The number of guanidine groups is 1. The molecule has 1 saturated heterocycles. The van der Waals surface area contributed by atoms with Gasteiger partial charge >= 0.3 is 0 Å². The van der Waals surface area contributed by atoms with Crippen LogP contribution in [-0.2, 0) is 18.3 Å². The lowest BCUT2D eigenvalue weighted by molar-refractivity contribution is -0.167. The third-order valence-corrected chi connectivity index (χ3v) is 8.37. The Hall–Kier alpha value is -3.23. The second-order valence-electron chi connectivity index (χ2n) is 9.75. The highest BCUT2D eigenvalue weighted by Crippen LogP contribution is 2.68. The third kappa shape index (κ3) is 1.90. The van der Waals surface area contributed by atoms with Crippen LogP contribution in [0.3, 0.4) is 0 Å². The van der Waals surface area contributed by atoms with Crippen molar-refractivity contribution in [1.29, 1.82) is 0 Å². The molecule has 2 bridgehead atoms. The lowest BCUT2D eigenvalue weighted by atomic mass is 9.49. The quantitative estimate of drug-likeness (QED) is 0.294. The molecular formula is C24H25N5O3. The maximum atomic E-state index is 12.5. The summed E-state index contributed by atoms with van der Waals surface area (Å²) in [6.45, 7) is 0.867. The number of H-pyrrole nitrogens is 1. The number of aromatic nitrogens is 1. The van der Waals surface area contributed by atoms with Crippen molar-refractivity contribution in [3.63, 3.8) is 0 Å². The highest BCUT2D eigenvalue weighted by Gasteiger charge is 2.72. The van der Waals surface area contributed by atoms with Crippen molar-refractivity contribution in [1.82, 2.24) is 9.88 Å². The van der Waals surface area contributed by atoms with Crippen LogP contribution in [0.1, 0.15) is 34.9 Å². The van der Waals surface area contributed by atoms with Crippen LogP contribution < -0.4 is 16.2 Å². The van der Waals surface area contributed by atoms with Crippen molar-refractivity contribution < 1.29 is 14.9 Å². The largest absolute Gasteiger partial charge is 0.504 e. The van der Waals surface area contributed by atoms with E-state index in [1.54, 1.807) is 6.07 Å². The lowest BCUT2D eigenvalue weighted by Gasteiger charge is -2.62. The van der Waals surface area contributed by atoms with Crippen LogP contribution >= 0.6 is 0 Å². The number of likely N-dealkylation sites (N-methyl/N-ethyl adjacent to an activating group) is 1. The molecule has 4 aliphatic rings. The number of aliphatic imine (C=N–C) groups is 1. The number of rotatable bonds is 1. The fourth-order valence-electron chi connectivity index (χ4n) is 7.10. The molecule has 0 saturated carbocycles. The fourth-order valence-corrected chi connectivity index (χ4v) is 7.10. The number of nitrogens with two attached hydrogens (primary N) is 2. The highest BCUT2D eigenvalue weighted by atomic mass is 16.5. The SMILES string of the molecule is CN1CC[C@]23c4c5ccc(O)c4O[C@H]2c2[nH]c4ccc(N=C(N)N)cc4c2C[C@@]3(O)[C@H]1C5. The number of phenolic OH excluding ortho intramolecular Hbond substituents is 1. The summed E-state index contributed by atoms with van der Waals surface area (Å²) in [4.78, 5) is 10.1. The minimum absolute atomic E-state index is 0.00681. The monoisotopic (exact) mass is 431 g/mol. The smallest absolute Gasteiger partial charge is 0.191 e. The molecule has 2 aromatic carbocycles. The number of aromatic hydroxyl groups is 1. The first-order chi connectivity index (χ1) is 15.3. The van der Waals surface area contributed by atoms with E-state index in [-0.39, 0.29) is 17.8 Å². The molecule has 1 aromatic heterocycles. The Morgan fingerprint density at radius 3 is 2.94 bits per heavy atom. The van der Waals surface area contributed by atoms with Gasteiger partial charge in [-0.3, -0.25) is 0 Å². The van der Waals surface area contributed by atoms with Crippen molar-refractivity contribution in [2.75, 3.05) is 13.6 Å². The first-order valence-electron chi connectivity index (χ1n) is 11.0. The van der Waals surface area contributed by atoms with Crippen LogP contribution in [0, 0.1) is 0 Å². The van der Waals surface area contributed by atoms with Crippen molar-refractivity contribution >= 4 is 22.5 Å². The average Bonchev–Trinajstić information content (AvgIpc) is 3.27. The zero-order valence-electron chi connectivity index (χ0n) is 17.7. The minimum atomic E-state index is -1.02. The first-order valence-corrected chi connectivity index (χ1v) is 11.0. The van der Waals surface area contributed by atoms with Crippen LogP contribution in [-0.4, -0.2) is 51.3 Å². The molecule has 0 amide bonds. The predicted molar refractivity (Wildman–Crippen MR) is 120 cm³/mol. The number of aliphatic hydroxyl groups is 1. The maximum Gasteiger partial charge on any atom is 0.191 e. The molecule has 32 heavy (non-hydrogen) atoms. The predicted octanol–water partition coefficient (Wildman–Crippen LogP) is 1.70. The van der Waals surface area contributed by atoms with Gasteiger partial charge in [-0.25, -0.2) is 4.99 Å². The Labute approximate surface area is 184 Å². The number of nitrogens with zero attached hydrogens (tertiary/aromatic N) is 2. The van der Waals surface area contributed by atoms with Gasteiger partial charge in [-0.15, -0.1) is 0 Å². The molecule has 3 heterocycles. The summed E-state index contributed by atoms with van der Waals surface area (Å²) in [5.74, 6) is 0.675. The van der Waals surface area contributed by atoms with Gasteiger partial charge in [0.1, 0.15) is 0 Å². The van der Waals surface area contributed by atoms with Crippen LogP contribution in [0.15, 0.2) is 35.3 Å². The fraction of sp³-hybridized carbons (Fsp3) is 0.375. The molecule has 8 nitrogen and oxygen atoms in total. The number of nitrogens with one attached hydrogen (secondary N) is 1. The Morgan fingerprint density at radius 2 is 2.12 bits per heavy atom. The maximum absolute atomic E-state index is 12.5. The third-order valence-electron chi connectivity index (χ3n) is 8.37. The summed E-state index contributed by atoms with van der Waals surface area (Å²) in [7, 11) is 2.09. The van der Waals surface area contributed by atoms with E-state index in [4.69, 9.17) is 16.2 Å². The number of hydrogen-bond donors (Lipinski definition) is 5. The zero-order valence-corrected chi connectivity index (χ0v) is 17.7. The van der Waals surface area contributed by atoms with Crippen molar-refractivity contribution in [2.45, 2.75) is 42.4 Å². The van der Waals surface area contributed by atoms with Gasteiger partial charge in [0.25, 0.3) is 0 Å². The summed E-state index contributed by atoms with van der Waals surface area (Å²) >= 11 is 0. The van der Waals surface area contributed by atoms with Crippen molar-refractivity contribution in [3.8, 4) is 11.5 Å². The molecule has 0 unspecified atom stereocenters. The molecule has 3 aromatic rings. The van der Waals surface area contributed by atoms with E-state index in [2.05, 4.69) is 21.9 Å². The van der Waals surface area contributed by atoms with Crippen LogP contribution in [0.5, 0.6) is 11.5 Å². The van der Waals surface area contributed by atoms with Gasteiger partial charge in [-0.05, 0) is 61.8 Å². The molecule has 164 valence electrons. The molecule has 7 rings (SSSR count). The van der Waals surface area contributed by atoms with Crippen molar-refractivity contribution in [2.24, 2.45) is 16.5 Å². The lowest BCUT2D eigenvalue weighted by Crippen LogP contribution is -2.73. The number of benzene rings is 2. The molecule has 1 spiro atoms. The van der Waals surface area contributed by atoms with Gasteiger partial charge in [0.15, 0.2) is 23.6 Å². The topological polar surface area (TPSA) is 133 Å². The van der Waals surface area contributed by atoms with E-state index in [0.29, 0.717) is 17.9 Å². The summed E-state index contributed by atoms with van der Waals surface area (Å²) in [5, 5.41) is 24.2. The molecule has 4 atom stereocenters. The number of piperidine rings is 1. The molecule has 8 heteroatoms. The summed E-state index contributed by atoms with van der Waals surface area (Å²) in [6.07, 6.45) is 1.59. The summed E-state index contributed by atoms with van der Waals surface area (Å²) in [6, 6.07) is 9.46. The molecule has 0 radical (unpaired) electrons. The van der Waals surface area contributed by atoms with E-state index in [1.165, 1.54) is 0 Å². The highest BCUT2D eigenvalue weighted by molar-refractivity contribution is 5.90. The van der Waals surface area contributed by atoms with Gasteiger partial charge in [0.2, 0.25) is 0 Å². The minimum Gasteiger partial charge on any atom is -0.504 e. The van der Waals surface area contributed by atoms with Gasteiger partial charge < -0.3 is 36.3 Å². The molecule has 1 fully saturated rings. The summed E-state index contributed by atoms with van der Waals surface area (Å²) in [5.41, 5.74) is 15.4. The number of hydrogen-bond acceptors (Lipinski definition) is 5. The van der Waals surface area contributed by atoms with Crippen LogP contribution in [0.2, 0.25) is 0 Å². The number of likely N-dealkylation sites (tertiary alicyclic amines) is 1. The Morgan fingerprint density at radius 1 is 1.28 bits per heavy atom. The second-order valence-corrected chi connectivity index (χ2v) is 9.75. The number of phenols is 1. The van der Waals surface area contributed by atoms with E-state index in [0.717, 1.165) is 52.7 Å². The average molecular weight is 431 g/mol. The molecule has 2 aliphatic carbocycles. The first kappa shape index (κ1) is 18.4. The van der Waals surface area contributed by atoms with Crippen molar-refractivity contribution in [3.05, 3.63) is 52.7 Å². The molecule has 2 aliphatic heterocycles. The van der Waals surface area contributed by atoms with Gasteiger partial charge in [-0.1, -0.05) is 6.07 Å². The van der Waals surface area contributed by atoms with E-state index in [9.17, 15) is 10.2 Å². The Kier molecular flexibility index (Phi) is 3.19. The van der Waals surface area contributed by atoms with Crippen LogP contribution in [0.4, 0.5) is 5.69 Å². The number of aromatic amines is 1. The van der Waals surface area contributed by atoms with E-state index in [1.807, 2.05) is 24.3 Å². The standard InChI is InChI=1S/C24H25N5O3/c1-29-7-6-23-18-11-2-5-16(30)20(18)32-21(23)19-14(10-24(23,31)17(29)8-11)13-9-12(27-22(25)26)3-4-15(13)28-19/h2-5,9,17,21,28,30-31H,6-8,10H2,1H3,(H4,25,26,27)/t17-,21+,23+,24-/m1/s1. The summed E-state index contributed by atoms with van der Waals surface area (Å²) < 4.78 is 6.53. The second kappa shape index (κ2) is 5.57. The van der Waals surface area contributed by atoms with Gasteiger partial charge in [0, 0.05) is 28.9 Å². The van der Waals surface area contributed by atoms with Crippen LogP contribution in [0.25, 0.3) is 10.9 Å². The van der Waals surface area contributed by atoms with Gasteiger partial charge in [-0.2, -0.15) is 0 Å². The zero-order chi connectivity index (χ0) is 22.0. The Balaban J connectivity index is 1.54. The Bertz CT molecular complexity index is 1360. The molecular weight excluding hydrogens is 406 g/mol. The van der Waals surface area contributed by atoms with Gasteiger partial charge in [0.05, 0.1) is 22.4 Å². The molecule has 7 N–H and O–H groups in total.